The molecule has 3 saturated carbocycles. The number of carbonyl (C=O) groups is 2. The maximum absolute atomic E-state index is 12.6. The van der Waals surface area contributed by atoms with Crippen molar-refractivity contribution in [3.05, 3.63) is 23.8 Å². The van der Waals surface area contributed by atoms with E-state index < -0.39 is 0 Å². The predicted octanol–water partition coefficient (Wildman–Crippen LogP) is 9.19. The summed E-state index contributed by atoms with van der Waals surface area (Å²) in [5.74, 6) is 4.99. The summed E-state index contributed by atoms with van der Waals surface area (Å²) < 4.78 is 6.01. The van der Waals surface area contributed by atoms with Crippen LogP contribution in [-0.2, 0) is 14.3 Å². The van der Waals surface area contributed by atoms with Crippen LogP contribution in [0.4, 0.5) is 0 Å². The molecule has 0 radical (unpaired) electrons. The van der Waals surface area contributed by atoms with E-state index in [0.29, 0.717) is 29.4 Å². The van der Waals surface area contributed by atoms with Crippen LogP contribution < -0.4 is 5.32 Å². The Morgan fingerprint density at radius 3 is 2.51 bits per heavy atom. The lowest BCUT2D eigenvalue weighted by atomic mass is 9.47. The van der Waals surface area contributed by atoms with Crippen LogP contribution in [0.2, 0.25) is 0 Å². The number of nitrogens with one attached hydrogen (secondary N) is 1. The van der Waals surface area contributed by atoms with Crippen molar-refractivity contribution >= 4 is 11.9 Å². The highest BCUT2D eigenvalue weighted by Gasteiger charge is 2.59. The van der Waals surface area contributed by atoms with Gasteiger partial charge in [-0.2, -0.15) is 0 Å². The second-order valence-electron chi connectivity index (χ2n) is 15.5. The number of allylic oxidation sites excluding steroid dienone is 1. The highest BCUT2D eigenvalue weighted by Crippen LogP contribution is 2.67. The van der Waals surface area contributed by atoms with Gasteiger partial charge in [0.15, 0.2) is 0 Å². The molecule has 8 atom stereocenters. The van der Waals surface area contributed by atoms with Crippen molar-refractivity contribution in [2.24, 2.45) is 46.3 Å². The van der Waals surface area contributed by atoms with E-state index >= 15 is 0 Å². The molecule has 232 valence electrons. The molecule has 0 aromatic rings. The number of hydrogen-bond acceptors (Lipinski definition) is 3. The van der Waals surface area contributed by atoms with Gasteiger partial charge in [-0.25, -0.2) is 0 Å². The van der Waals surface area contributed by atoms with Crippen LogP contribution >= 0.6 is 0 Å². The van der Waals surface area contributed by atoms with Gasteiger partial charge in [-0.05, 0) is 111 Å². The van der Waals surface area contributed by atoms with Crippen molar-refractivity contribution in [2.45, 2.75) is 144 Å². The Morgan fingerprint density at radius 2 is 1.78 bits per heavy atom. The number of rotatable bonds is 13. The number of hydrogen-bond donors (Lipinski definition) is 1. The molecule has 4 aliphatic rings. The molecule has 0 bridgehead atoms. The molecule has 0 aromatic carbocycles. The fraction of sp³-hybridized carbons (Fsp3) is 0.838. The Balaban J connectivity index is 1.26. The number of fused-ring (bicyclic) bond motifs is 5. The SMILES string of the molecule is C=C(C)C(=O)NCCCCCC(=O)OC1CC[C@@]2(C)C(=CCC3C4CCC([C@H](C)CCCC(C)C)[C@@]4(C)CCC32)C1. The van der Waals surface area contributed by atoms with Crippen LogP contribution in [0.3, 0.4) is 0 Å². The van der Waals surface area contributed by atoms with Crippen LogP contribution in [0.5, 0.6) is 0 Å². The molecule has 0 heterocycles. The smallest absolute Gasteiger partial charge is 0.306 e. The lowest BCUT2D eigenvalue weighted by molar-refractivity contribution is -0.151. The van der Waals surface area contributed by atoms with Crippen molar-refractivity contribution < 1.29 is 14.3 Å². The van der Waals surface area contributed by atoms with Crippen LogP contribution in [-0.4, -0.2) is 24.5 Å². The van der Waals surface area contributed by atoms with Crippen molar-refractivity contribution in [1.82, 2.24) is 5.32 Å². The Bertz CT molecular complexity index is 967. The lowest BCUT2D eigenvalue weighted by Gasteiger charge is -2.58. The number of amides is 1. The van der Waals surface area contributed by atoms with E-state index in [9.17, 15) is 9.59 Å². The zero-order valence-corrected chi connectivity index (χ0v) is 27.4. The van der Waals surface area contributed by atoms with E-state index in [4.69, 9.17) is 4.74 Å². The molecular formula is C37H61NO3. The third kappa shape index (κ3) is 7.32. The molecule has 0 aliphatic heterocycles. The molecule has 0 saturated heterocycles. The summed E-state index contributed by atoms with van der Waals surface area (Å²) in [6.45, 7) is 18.5. The standard InChI is InChI=1S/C37H61NO3/c1-25(2)12-11-13-27(5)31-17-18-32-30-16-15-28-24-29(19-21-36(28,6)33(30)20-22-37(31,32)7)41-34(39)14-9-8-10-23-38-35(40)26(3)4/h15,25,27,29-33H,3,8-14,16-24H2,1-2,4-7H3,(H,38,40)/t27-,29?,30?,31?,32?,33?,36+,37-/m1/s1. The van der Waals surface area contributed by atoms with Gasteiger partial charge in [-0.1, -0.05) is 78.5 Å². The van der Waals surface area contributed by atoms with E-state index in [1.165, 1.54) is 57.8 Å². The van der Waals surface area contributed by atoms with Gasteiger partial charge in [-0.15, -0.1) is 0 Å². The summed E-state index contributed by atoms with van der Waals surface area (Å²) in [4.78, 5) is 24.2. The summed E-state index contributed by atoms with van der Waals surface area (Å²) in [5.41, 5.74) is 2.95. The number of carbonyl (C=O) groups excluding carboxylic acids is 2. The number of esters is 1. The maximum Gasteiger partial charge on any atom is 0.306 e. The first-order chi connectivity index (χ1) is 19.5. The minimum absolute atomic E-state index is 0.0460. The number of unbranched alkanes of at least 4 members (excludes halogenated alkanes) is 2. The van der Waals surface area contributed by atoms with E-state index in [0.717, 1.165) is 67.6 Å². The van der Waals surface area contributed by atoms with E-state index in [1.807, 2.05) is 0 Å². The average molecular weight is 568 g/mol. The van der Waals surface area contributed by atoms with E-state index in [1.54, 1.807) is 12.5 Å². The molecule has 4 nitrogen and oxygen atoms in total. The Labute approximate surface area is 251 Å². The van der Waals surface area contributed by atoms with Gasteiger partial charge in [-0.3, -0.25) is 9.59 Å². The van der Waals surface area contributed by atoms with Crippen LogP contribution in [0.1, 0.15) is 138 Å². The normalized spacial score (nSPS) is 35.1. The van der Waals surface area contributed by atoms with Gasteiger partial charge in [0.05, 0.1) is 0 Å². The first-order valence-electron chi connectivity index (χ1n) is 17.3. The molecule has 5 unspecified atom stereocenters. The van der Waals surface area contributed by atoms with Gasteiger partial charge in [0.25, 0.3) is 0 Å². The fourth-order valence-electron chi connectivity index (χ4n) is 9.92. The summed E-state index contributed by atoms with van der Waals surface area (Å²) >= 11 is 0. The van der Waals surface area contributed by atoms with Gasteiger partial charge >= 0.3 is 5.97 Å². The third-order valence-electron chi connectivity index (χ3n) is 12.3. The molecule has 4 aliphatic carbocycles. The summed E-state index contributed by atoms with van der Waals surface area (Å²) in [6.07, 6.45) is 20.0. The van der Waals surface area contributed by atoms with Gasteiger partial charge < -0.3 is 10.1 Å². The summed E-state index contributed by atoms with van der Waals surface area (Å²) in [7, 11) is 0. The van der Waals surface area contributed by atoms with Gasteiger partial charge in [0.1, 0.15) is 6.10 Å². The fourth-order valence-corrected chi connectivity index (χ4v) is 9.92. The number of ether oxygens (including phenoxy) is 1. The Hall–Kier alpha value is -1.58. The van der Waals surface area contributed by atoms with Crippen molar-refractivity contribution in [3.8, 4) is 0 Å². The van der Waals surface area contributed by atoms with Gasteiger partial charge in [0.2, 0.25) is 5.91 Å². The van der Waals surface area contributed by atoms with E-state index in [2.05, 4.69) is 52.6 Å². The van der Waals surface area contributed by atoms with Crippen LogP contribution in [0.25, 0.3) is 0 Å². The monoisotopic (exact) mass is 567 g/mol. The molecule has 4 heteroatoms. The Morgan fingerprint density at radius 1 is 1.00 bits per heavy atom. The minimum atomic E-state index is -0.0890. The second-order valence-corrected chi connectivity index (χ2v) is 15.5. The highest BCUT2D eigenvalue weighted by molar-refractivity contribution is 5.92. The third-order valence-corrected chi connectivity index (χ3v) is 12.3. The topological polar surface area (TPSA) is 55.4 Å². The largest absolute Gasteiger partial charge is 0.462 e. The summed E-state index contributed by atoms with van der Waals surface area (Å²) in [5, 5.41) is 2.86. The molecule has 4 rings (SSSR count). The Kier molecular flexibility index (Phi) is 10.9. The van der Waals surface area contributed by atoms with Crippen molar-refractivity contribution in [2.75, 3.05) is 6.54 Å². The van der Waals surface area contributed by atoms with Crippen LogP contribution in [0, 0.1) is 46.3 Å². The van der Waals surface area contributed by atoms with E-state index in [-0.39, 0.29) is 18.0 Å². The lowest BCUT2D eigenvalue weighted by Crippen LogP contribution is -2.51. The molecule has 3 fully saturated rings. The molecule has 0 aromatic heterocycles. The van der Waals surface area contributed by atoms with Crippen molar-refractivity contribution in [3.63, 3.8) is 0 Å². The molecule has 41 heavy (non-hydrogen) atoms. The first kappa shape index (κ1) is 32.3. The highest BCUT2D eigenvalue weighted by atomic mass is 16.5. The summed E-state index contributed by atoms with van der Waals surface area (Å²) in [6, 6.07) is 0. The zero-order chi connectivity index (χ0) is 29.8. The first-order valence-corrected chi connectivity index (χ1v) is 17.3. The maximum atomic E-state index is 12.6. The molecular weight excluding hydrogens is 506 g/mol. The molecule has 1 N–H and O–H groups in total. The van der Waals surface area contributed by atoms with Gasteiger partial charge in [0, 0.05) is 25.0 Å². The van der Waals surface area contributed by atoms with Crippen molar-refractivity contribution in [1.29, 1.82) is 0 Å². The molecule has 1 amide bonds. The average Bonchev–Trinajstić information content (AvgIpc) is 3.27. The van der Waals surface area contributed by atoms with Crippen LogP contribution in [0.15, 0.2) is 23.8 Å². The quantitative estimate of drug-likeness (QED) is 0.104. The second kappa shape index (κ2) is 13.8. The minimum Gasteiger partial charge on any atom is -0.462 e. The zero-order valence-electron chi connectivity index (χ0n) is 27.4. The predicted molar refractivity (Wildman–Crippen MR) is 169 cm³/mol. The molecule has 0 spiro atoms.